The van der Waals surface area contributed by atoms with Crippen LogP contribution in [0.25, 0.3) is 0 Å². The average molecular weight is 456 g/mol. The normalized spacial score (nSPS) is 20.5. The first-order valence-corrected chi connectivity index (χ1v) is 11.2. The van der Waals surface area contributed by atoms with Crippen LogP contribution in [0.4, 0.5) is 17.5 Å². The van der Waals surface area contributed by atoms with E-state index in [2.05, 4.69) is 15.3 Å². The molecule has 0 spiro atoms. The summed E-state index contributed by atoms with van der Waals surface area (Å²) in [5, 5.41) is 20.8. The summed E-state index contributed by atoms with van der Waals surface area (Å²) in [4.78, 5) is 34.2. The van der Waals surface area contributed by atoms with Crippen LogP contribution in [0.15, 0.2) is 24.3 Å². The molecule has 0 atom stereocenters. The van der Waals surface area contributed by atoms with Gasteiger partial charge in [-0.2, -0.15) is 9.97 Å². The number of aliphatic hydroxyl groups excluding tert-OH is 1. The van der Waals surface area contributed by atoms with Crippen molar-refractivity contribution in [3.63, 3.8) is 0 Å². The van der Waals surface area contributed by atoms with Crippen molar-refractivity contribution in [2.45, 2.75) is 38.0 Å². The lowest BCUT2D eigenvalue weighted by atomic mass is 9.77. The lowest BCUT2D eigenvalue weighted by Gasteiger charge is -2.28. The van der Waals surface area contributed by atoms with Gasteiger partial charge in [-0.05, 0) is 55.2 Å². The molecule has 0 saturated heterocycles. The van der Waals surface area contributed by atoms with Crippen LogP contribution >= 0.6 is 0 Å². The number of aromatic nitrogens is 2. The second-order valence-electron chi connectivity index (χ2n) is 8.48. The molecule has 1 saturated carbocycles. The van der Waals surface area contributed by atoms with Crippen molar-refractivity contribution in [3.05, 3.63) is 35.4 Å². The van der Waals surface area contributed by atoms with E-state index in [1.807, 2.05) is 24.3 Å². The summed E-state index contributed by atoms with van der Waals surface area (Å²) >= 11 is 0. The molecule has 10 nitrogen and oxygen atoms in total. The standard InChI is InChI=1S/C23H29N5O5/c24-20-19-21(27-23(26-20)25-9-11-29)33-12-10-28(22(19)32)17-7-5-16(6-8-17)15-3-1-14(2-4-15)13-18(30)31/h5-8,14-15,29H,1-4,9-13H2,(H,30,31)(H3,24,25,26,27). The molecule has 0 bridgehead atoms. The number of nitrogens with zero attached hydrogens (tertiary/aromatic N) is 3. The number of rotatable bonds is 7. The fourth-order valence-electron chi connectivity index (χ4n) is 4.60. The van der Waals surface area contributed by atoms with Gasteiger partial charge in [-0.1, -0.05) is 12.1 Å². The number of ether oxygens (including phenoxy) is 1. The molecule has 33 heavy (non-hydrogen) atoms. The van der Waals surface area contributed by atoms with E-state index < -0.39 is 5.97 Å². The summed E-state index contributed by atoms with van der Waals surface area (Å²) in [6.45, 7) is 0.761. The van der Waals surface area contributed by atoms with Crippen molar-refractivity contribution < 1.29 is 24.5 Å². The van der Waals surface area contributed by atoms with E-state index >= 15 is 0 Å². The number of benzene rings is 1. The van der Waals surface area contributed by atoms with Gasteiger partial charge in [0, 0.05) is 18.7 Å². The molecule has 2 aromatic rings. The molecule has 1 aromatic heterocycles. The molecular formula is C23H29N5O5. The van der Waals surface area contributed by atoms with Crippen molar-refractivity contribution in [2.24, 2.45) is 5.92 Å². The maximum atomic E-state index is 13.3. The predicted molar refractivity (Wildman–Crippen MR) is 123 cm³/mol. The Kier molecular flexibility index (Phi) is 6.93. The molecular weight excluding hydrogens is 426 g/mol. The zero-order valence-electron chi connectivity index (χ0n) is 18.4. The van der Waals surface area contributed by atoms with Crippen LogP contribution in [-0.4, -0.2) is 58.4 Å². The van der Waals surface area contributed by atoms with E-state index in [0.717, 1.165) is 31.4 Å². The molecule has 1 aliphatic heterocycles. The summed E-state index contributed by atoms with van der Waals surface area (Å²) in [7, 11) is 0. The Hall–Kier alpha value is -3.40. The quantitative estimate of drug-likeness (QED) is 0.493. The van der Waals surface area contributed by atoms with Crippen LogP contribution in [0.3, 0.4) is 0 Å². The first kappa shape index (κ1) is 22.8. The van der Waals surface area contributed by atoms with Gasteiger partial charge in [0.05, 0.1) is 13.2 Å². The summed E-state index contributed by atoms with van der Waals surface area (Å²) in [6.07, 6.45) is 4.04. The van der Waals surface area contributed by atoms with Crippen LogP contribution in [0.1, 0.15) is 53.9 Å². The zero-order chi connectivity index (χ0) is 23.4. The minimum Gasteiger partial charge on any atom is -0.481 e. The highest BCUT2D eigenvalue weighted by Crippen LogP contribution is 2.38. The van der Waals surface area contributed by atoms with E-state index in [4.69, 9.17) is 20.7 Å². The molecule has 2 heterocycles. The number of aliphatic carboxylic acids is 1. The van der Waals surface area contributed by atoms with Gasteiger partial charge in [0.1, 0.15) is 18.0 Å². The van der Waals surface area contributed by atoms with Gasteiger partial charge in [0.15, 0.2) is 0 Å². The van der Waals surface area contributed by atoms with Crippen LogP contribution in [0, 0.1) is 5.92 Å². The van der Waals surface area contributed by atoms with Gasteiger partial charge in [-0.15, -0.1) is 0 Å². The predicted octanol–water partition coefficient (Wildman–Crippen LogP) is 2.25. The highest BCUT2D eigenvalue weighted by molar-refractivity contribution is 6.10. The molecule has 4 rings (SSSR count). The van der Waals surface area contributed by atoms with E-state index in [-0.39, 0.29) is 61.2 Å². The molecule has 1 aromatic carbocycles. The fourth-order valence-corrected chi connectivity index (χ4v) is 4.60. The topological polar surface area (TPSA) is 151 Å². The average Bonchev–Trinajstić information content (AvgIpc) is 2.97. The molecule has 0 radical (unpaired) electrons. The first-order chi connectivity index (χ1) is 16.0. The number of amides is 1. The summed E-state index contributed by atoms with van der Waals surface area (Å²) in [5.74, 6) is -0.0299. The number of carbonyl (C=O) groups is 2. The van der Waals surface area contributed by atoms with Gasteiger partial charge in [0.25, 0.3) is 5.91 Å². The number of carbonyl (C=O) groups excluding carboxylic acids is 1. The Labute approximate surface area is 191 Å². The number of carboxylic acids is 1. The third-order valence-electron chi connectivity index (χ3n) is 6.30. The van der Waals surface area contributed by atoms with Crippen molar-refractivity contribution in [2.75, 3.05) is 42.3 Å². The number of hydrogen-bond donors (Lipinski definition) is 4. The molecule has 10 heteroatoms. The highest BCUT2D eigenvalue weighted by atomic mass is 16.5. The van der Waals surface area contributed by atoms with Crippen LogP contribution < -0.4 is 20.7 Å². The summed E-state index contributed by atoms with van der Waals surface area (Å²) in [5.41, 5.74) is 8.13. The third-order valence-corrected chi connectivity index (χ3v) is 6.30. The Morgan fingerprint density at radius 2 is 1.91 bits per heavy atom. The largest absolute Gasteiger partial charge is 0.481 e. The number of aliphatic hydroxyl groups is 1. The Balaban J connectivity index is 1.47. The minimum absolute atomic E-state index is 0.0204. The molecule has 1 amide bonds. The second-order valence-corrected chi connectivity index (χ2v) is 8.48. The lowest BCUT2D eigenvalue weighted by Crippen LogP contribution is -2.32. The van der Waals surface area contributed by atoms with E-state index in [9.17, 15) is 9.59 Å². The van der Waals surface area contributed by atoms with Gasteiger partial charge < -0.3 is 30.9 Å². The molecule has 1 fully saturated rings. The number of nitrogens with one attached hydrogen (secondary N) is 1. The monoisotopic (exact) mass is 455 g/mol. The van der Waals surface area contributed by atoms with Crippen LogP contribution in [-0.2, 0) is 4.79 Å². The second kappa shape index (κ2) is 10.0. The lowest BCUT2D eigenvalue weighted by molar-refractivity contribution is -0.138. The van der Waals surface area contributed by atoms with Crippen molar-refractivity contribution >= 4 is 29.3 Å². The molecule has 0 unspecified atom stereocenters. The van der Waals surface area contributed by atoms with E-state index in [1.54, 1.807) is 4.90 Å². The smallest absolute Gasteiger partial charge is 0.303 e. The van der Waals surface area contributed by atoms with Gasteiger partial charge in [0.2, 0.25) is 11.8 Å². The summed E-state index contributed by atoms with van der Waals surface area (Å²) < 4.78 is 5.69. The first-order valence-electron chi connectivity index (χ1n) is 11.2. The number of nitrogen functional groups attached to an aromatic ring is 1. The van der Waals surface area contributed by atoms with E-state index in [0.29, 0.717) is 12.5 Å². The van der Waals surface area contributed by atoms with Gasteiger partial charge in [-0.25, -0.2) is 0 Å². The maximum Gasteiger partial charge on any atom is 0.303 e. The van der Waals surface area contributed by atoms with E-state index in [1.165, 1.54) is 5.56 Å². The number of carboxylic acid groups (broad SMARTS) is 1. The molecule has 1 aliphatic carbocycles. The third kappa shape index (κ3) is 5.16. The number of hydrogen-bond acceptors (Lipinski definition) is 8. The van der Waals surface area contributed by atoms with Crippen LogP contribution in [0.2, 0.25) is 0 Å². The van der Waals surface area contributed by atoms with Crippen molar-refractivity contribution in [1.29, 1.82) is 0 Å². The molecule has 2 aliphatic rings. The van der Waals surface area contributed by atoms with Gasteiger partial charge in [-0.3, -0.25) is 9.59 Å². The number of nitrogens with two attached hydrogens (primary N) is 1. The molecule has 5 N–H and O–H groups in total. The number of anilines is 3. The fraction of sp³-hybridized carbons (Fsp3) is 0.478. The summed E-state index contributed by atoms with van der Waals surface area (Å²) in [6, 6.07) is 7.93. The SMILES string of the molecule is Nc1nc(NCCO)nc2c1C(=O)N(c1ccc(C3CCC(CC(=O)O)CC3)cc1)CCO2. The zero-order valence-corrected chi connectivity index (χ0v) is 18.4. The van der Waals surface area contributed by atoms with Crippen molar-refractivity contribution in [3.8, 4) is 5.88 Å². The minimum atomic E-state index is -0.723. The highest BCUT2D eigenvalue weighted by Gasteiger charge is 2.30. The van der Waals surface area contributed by atoms with Crippen LogP contribution in [0.5, 0.6) is 5.88 Å². The van der Waals surface area contributed by atoms with Gasteiger partial charge >= 0.3 is 5.97 Å². The Morgan fingerprint density at radius 1 is 1.18 bits per heavy atom. The van der Waals surface area contributed by atoms with Crippen molar-refractivity contribution in [1.82, 2.24) is 9.97 Å². The Morgan fingerprint density at radius 3 is 2.58 bits per heavy atom. The maximum absolute atomic E-state index is 13.3. The Bertz CT molecular complexity index is 1010. The molecule has 176 valence electrons. The number of fused-ring (bicyclic) bond motifs is 1.